The average molecular weight is 316 g/mol. The SMILES string of the molecule is CCC(CO)(CO)NC(=O)c1cccc(C)c1Br. The number of halogens is 1. The molecule has 4 nitrogen and oxygen atoms in total. The minimum Gasteiger partial charge on any atom is -0.394 e. The molecule has 0 aliphatic heterocycles. The van der Waals surface area contributed by atoms with E-state index in [1.165, 1.54) is 0 Å². The number of hydrogen-bond donors (Lipinski definition) is 3. The van der Waals surface area contributed by atoms with E-state index in [-0.39, 0.29) is 19.1 Å². The molecule has 0 aliphatic rings. The van der Waals surface area contributed by atoms with Gasteiger partial charge in [-0.1, -0.05) is 19.1 Å². The highest BCUT2D eigenvalue weighted by Crippen LogP contribution is 2.22. The van der Waals surface area contributed by atoms with Crippen LogP contribution < -0.4 is 5.32 Å². The fourth-order valence-electron chi connectivity index (χ4n) is 1.57. The van der Waals surface area contributed by atoms with Gasteiger partial charge in [-0.3, -0.25) is 4.79 Å². The molecule has 1 rings (SSSR count). The van der Waals surface area contributed by atoms with Gasteiger partial charge in [0.2, 0.25) is 0 Å². The van der Waals surface area contributed by atoms with Gasteiger partial charge in [0.1, 0.15) is 0 Å². The average Bonchev–Trinajstić information content (AvgIpc) is 2.39. The third-order valence-corrected chi connectivity index (χ3v) is 4.15. The summed E-state index contributed by atoms with van der Waals surface area (Å²) in [6, 6.07) is 5.38. The van der Waals surface area contributed by atoms with Crippen molar-refractivity contribution >= 4 is 21.8 Å². The third-order valence-electron chi connectivity index (χ3n) is 3.10. The van der Waals surface area contributed by atoms with Crippen LogP contribution in [0.1, 0.15) is 29.3 Å². The van der Waals surface area contributed by atoms with E-state index in [0.29, 0.717) is 12.0 Å². The number of benzene rings is 1. The summed E-state index contributed by atoms with van der Waals surface area (Å²) in [4.78, 5) is 12.1. The van der Waals surface area contributed by atoms with Crippen LogP contribution in [0.15, 0.2) is 22.7 Å². The molecule has 0 heterocycles. The standard InChI is InChI=1S/C13H18BrNO3/c1-3-13(7-16,8-17)15-12(18)10-6-4-5-9(2)11(10)14/h4-6,16-17H,3,7-8H2,1-2H3,(H,15,18). The normalized spacial score (nSPS) is 11.4. The summed E-state index contributed by atoms with van der Waals surface area (Å²) in [5.41, 5.74) is 0.479. The zero-order valence-electron chi connectivity index (χ0n) is 10.5. The Bertz CT molecular complexity index is 422. The molecule has 0 saturated carbocycles. The highest BCUT2D eigenvalue weighted by atomic mass is 79.9. The Morgan fingerprint density at radius 1 is 1.39 bits per heavy atom. The maximum atomic E-state index is 12.1. The van der Waals surface area contributed by atoms with Gasteiger partial charge < -0.3 is 15.5 Å². The lowest BCUT2D eigenvalue weighted by atomic mass is 9.97. The van der Waals surface area contributed by atoms with Crippen LogP contribution in [0, 0.1) is 6.92 Å². The molecule has 0 aromatic heterocycles. The lowest BCUT2D eigenvalue weighted by Gasteiger charge is -2.29. The van der Waals surface area contributed by atoms with E-state index < -0.39 is 5.54 Å². The molecule has 1 aromatic carbocycles. The molecule has 1 amide bonds. The van der Waals surface area contributed by atoms with Gasteiger partial charge in [0.05, 0.1) is 24.3 Å². The molecule has 0 spiro atoms. The monoisotopic (exact) mass is 315 g/mol. The molecule has 18 heavy (non-hydrogen) atoms. The Kier molecular flexibility index (Phi) is 5.31. The summed E-state index contributed by atoms with van der Waals surface area (Å²) in [5, 5.41) is 21.3. The van der Waals surface area contributed by atoms with Crippen molar-refractivity contribution in [3.8, 4) is 0 Å². The predicted octanol–water partition coefficient (Wildman–Crippen LogP) is 1.62. The van der Waals surface area contributed by atoms with Gasteiger partial charge in [0.25, 0.3) is 5.91 Å². The summed E-state index contributed by atoms with van der Waals surface area (Å²) in [5.74, 6) is -0.310. The first kappa shape index (κ1) is 15.1. The highest BCUT2D eigenvalue weighted by Gasteiger charge is 2.29. The number of aliphatic hydroxyl groups excluding tert-OH is 2. The first-order chi connectivity index (χ1) is 8.49. The van der Waals surface area contributed by atoms with Gasteiger partial charge in [0, 0.05) is 4.47 Å². The fraction of sp³-hybridized carbons (Fsp3) is 0.462. The molecule has 1 aromatic rings. The van der Waals surface area contributed by atoms with Gasteiger partial charge in [-0.25, -0.2) is 0 Å². The van der Waals surface area contributed by atoms with Crippen LogP contribution >= 0.6 is 15.9 Å². The fourth-order valence-corrected chi connectivity index (χ4v) is 2.02. The highest BCUT2D eigenvalue weighted by molar-refractivity contribution is 9.10. The molecule has 0 fully saturated rings. The number of aliphatic hydroxyl groups is 2. The first-order valence-electron chi connectivity index (χ1n) is 5.79. The van der Waals surface area contributed by atoms with E-state index in [9.17, 15) is 15.0 Å². The number of nitrogens with one attached hydrogen (secondary N) is 1. The Morgan fingerprint density at radius 3 is 2.50 bits per heavy atom. The number of carbonyl (C=O) groups is 1. The molecule has 0 bridgehead atoms. The Balaban J connectivity index is 2.98. The molecule has 0 unspecified atom stereocenters. The molecule has 100 valence electrons. The van der Waals surface area contributed by atoms with E-state index in [4.69, 9.17) is 0 Å². The van der Waals surface area contributed by atoms with Gasteiger partial charge in [-0.2, -0.15) is 0 Å². The Hall–Kier alpha value is -0.910. The van der Waals surface area contributed by atoms with E-state index >= 15 is 0 Å². The topological polar surface area (TPSA) is 69.6 Å². The zero-order chi connectivity index (χ0) is 13.8. The summed E-state index contributed by atoms with van der Waals surface area (Å²) < 4.78 is 0.725. The minimum atomic E-state index is -0.972. The van der Waals surface area contributed by atoms with Crippen LogP contribution in [0.25, 0.3) is 0 Å². The molecule has 0 atom stereocenters. The largest absolute Gasteiger partial charge is 0.394 e. The predicted molar refractivity (Wildman–Crippen MR) is 73.5 cm³/mol. The van der Waals surface area contributed by atoms with E-state index in [0.717, 1.165) is 10.0 Å². The van der Waals surface area contributed by atoms with Gasteiger partial charge in [-0.15, -0.1) is 0 Å². The Morgan fingerprint density at radius 2 is 2.00 bits per heavy atom. The first-order valence-corrected chi connectivity index (χ1v) is 6.58. The van der Waals surface area contributed by atoms with Gasteiger partial charge >= 0.3 is 0 Å². The van der Waals surface area contributed by atoms with Crippen molar-refractivity contribution in [1.82, 2.24) is 5.32 Å². The van der Waals surface area contributed by atoms with Crippen molar-refractivity contribution in [2.45, 2.75) is 25.8 Å². The number of carbonyl (C=O) groups excluding carboxylic acids is 1. The third kappa shape index (κ3) is 3.10. The lowest BCUT2D eigenvalue weighted by Crippen LogP contribution is -2.53. The second-order valence-corrected chi connectivity index (χ2v) is 5.13. The molecule has 0 radical (unpaired) electrons. The number of hydrogen-bond acceptors (Lipinski definition) is 3. The van der Waals surface area contributed by atoms with Crippen molar-refractivity contribution in [2.75, 3.05) is 13.2 Å². The quantitative estimate of drug-likeness (QED) is 0.773. The van der Waals surface area contributed by atoms with Crippen LogP contribution in [0.2, 0.25) is 0 Å². The molecule has 3 N–H and O–H groups in total. The maximum absolute atomic E-state index is 12.1. The summed E-state index contributed by atoms with van der Waals surface area (Å²) in [6.45, 7) is 3.11. The maximum Gasteiger partial charge on any atom is 0.253 e. The minimum absolute atomic E-state index is 0.296. The molecule has 0 saturated heterocycles. The van der Waals surface area contributed by atoms with Crippen LogP contribution in [0.3, 0.4) is 0 Å². The molecule has 0 aliphatic carbocycles. The molecular weight excluding hydrogens is 298 g/mol. The van der Waals surface area contributed by atoms with Gasteiger partial charge in [0.15, 0.2) is 0 Å². The lowest BCUT2D eigenvalue weighted by molar-refractivity contribution is 0.0652. The summed E-state index contributed by atoms with van der Waals surface area (Å²) >= 11 is 3.37. The number of aryl methyl sites for hydroxylation is 1. The van der Waals surface area contributed by atoms with Crippen molar-refractivity contribution in [2.24, 2.45) is 0 Å². The van der Waals surface area contributed by atoms with E-state index in [2.05, 4.69) is 21.2 Å². The van der Waals surface area contributed by atoms with Gasteiger partial charge in [-0.05, 0) is 40.9 Å². The summed E-state index contributed by atoms with van der Waals surface area (Å²) in [7, 11) is 0. The number of amides is 1. The van der Waals surface area contributed by atoms with Crippen molar-refractivity contribution in [1.29, 1.82) is 0 Å². The van der Waals surface area contributed by atoms with Crippen LogP contribution in [0.4, 0.5) is 0 Å². The van der Waals surface area contributed by atoms with Crippen molar-refractivity contribution in [3.63, 3.8) is 0 Å². The molecular formula is C13H18BrNO3. The van der Waals surface area contributed by atoms with Crippen LogP contribution in [-0.2, 0) is 0 Å². The smallest absolute Gasteiger partial charge is 0.253 e. The zero-order valence-corrected chi connectivity index (χ0v) is 12.1. The van der Waals surface area contributed by atoms with Crippen LogP contribution in [0.5, 0.6) is 0 Å². The van der Waals surface area contributed by atoms with Crippen LogP contribution in [-0.4, -0.2) is 34.9 Å². The van der Waals surface area contributed by atoms with E-state index in [1.807, 2.05) is 13.0 Å². The number of rotatable bonds is 5. The molecule has 5 heteroatoms. The second kappa shape index (κ2) is 6.31. The van der Waals surface area contributed by atoms with E-state index in [1.54, 1.807) is 19.1 Å². The summed E-state index contributed by atoms with van der Waals surface area (Å²) in [6.07, 6.45) is 0.454. The Labute approximate surface area is 115 Å². The van der Waals surface area contributed by atoms with Crippen molar-refractivity contribution in [3.05, 3.63) is 33.8 Å². The van der Waals surface area contributed by atoms with Crippen molar-refractivity contribution < 1.29 is 15.0 Å². The second-order valence-electron chi connectivity index (χ2n) is 4.34.